The van der Waals surface area contributed by atoms with Crippen molar-refractivity contribution >= 4 is 29.1 Å². The average molecular weight is 348 g/mol. The molecule has 1 aromatic carbocycles. The van der Waals surface area contributed by atoms with Gasteiger partial charge in [-0.05, 0) is 31.0 Å². The Bertz CT molecular complexity index is 764. The number of nitrogens with one attached hydrogen (secondary N) is 2. The maximum atomic E-state index is 12.1. The highest BCUT2D eigenvalue weighted by molar-refractivity contribution is 6.39. The second kappa shape index (κ2) is 7.79. The Balaban J connectivity index is 2.06. The number of carbonyl (C=O) groups is 2. The number of benzene rings is 1. The molecule has 3 N–H and O–H groups in total. The zero-order valence-corrected chi connectivity index (χ0v) is 14.1. The summed E-state index contributed by atoms with van der Waals surface area (Å²) in [6.07, 6.45) is 1.90. The third-order valence-corrected chi connectivity index (χ3v) is 3.90. The predicted molar refractivity (Wildman–Crippen MR) is 91.9 cm³/mol. The molecule has 0 aliphatic carbocycles. The fourth-order valence-corrected chi connectivity index (χ4v) is 2.32. The molecular formula is C17H18ClN3O3. The molecule has 0 aliphatic rings. The van der Waals surface area contributed by atoms with Crippen molar-refractivity contribution < 1.29 is 14.7 Å². The molecule has 0 radical (unpaired) electrons. The van der Waals surface area contributed by atoms with Crippen LogP contribution in [0.25, 0.3) is 0 Å². The molecule has 0 saturated heterocycles. The Morgan fingerprint density at radius 1 is 1.29 bits per heavy atom. The van der Waals surface area contributed by atoms with E-state index in [0.717, 1.165) is 0 Å². The first-order chi connectivity index (χ1) is 11.4. The maximum Gasteiger partial charge on any atom is 0.313 e. The SMILES string of the molecule is CCC(NC(=O)C(=O)Nc1cnc(Cl)c(C)c1)c1ccccc1O. The number of halogens is 1. The lowest BCUT2D eigenvalue weighted by molar-refractivity contribution is -0.136. The highest BCUT2D eigenvalue weighted by atomic mass is 35.5. The lowest BCUT2D eigenvalue weighted by Gasteiger charge is -2.18. The van der Waals surface area contributed by atoms with Crippen molar-refractivity contribution in [3.63, 3.8) is 0 Å². The van der Waals surface area contributed by atoms with Gasteiger partial charge in [-0.1, -0.05) is 36.7 Å². The van der Waals surface area contributed by atoms with Gasteiger partial charge in [0, 0.05) is 5.56 Å². The van der Waals surface area contributed by atoms with Crippen LogP contribution < -0.4 is 10.6 Å². The average Bonchev–Trinajstić information content (AvgIpc) is 2.56. The number of aromatic nitrogens is 1. The van der Waals surface area contributed by atoms with Gasteiger partial charge < -0.3 is 15.7 Å². The number of hydrogen-bond donors (Lipinski definition) is 3. The summed E-state index contributed by atoms with van der Waals surface area (Å²) in [5.74, 6) is -1.53. The van der Waals surface area contributed by atoms with Crippen LogP contribution >= 0.6 is 11.6 Å². The highest BCUT2D eigenvalue weighted by Crippen LogP contribution is 2.25. The zero-order valence-electron chi connectivity index (χ0n) is 13.3. The molecular weight excluding hydrogens is 330 g/mol. The third kappa shape index (κ3) is 4.23. The van der Waals surface area contributed by atoms with Gasteiger partial charge in [0.2, 0.25) is 0 Å². The van der Waals surface area contributed by atoms with E-state index in [4.69, 9.17) is 11.6 Å². The summed E-state index contributed by atoms with van der Waals surface area (Å²) in [7, 11) is 0. The van der Waals surface area contributed by atoms with E-state index in [1.165, 1.54) is 12.3 Å². The summed E-state index contributed by atoms with van der Waals surface area (Å²) in [5.41, 5.74) is 1.63. The molecule has 2 amide bonds. The summed E-state index contributed by atoms with van der Waals surface area (Å²) in [5, 5.41) is 15.3. The summed E-state index contributed by atoms with van der Waals surface area (Å²) in [6.45, 7) is 3.60. The predicted octanol–water partition coefficient (Wildman–Crippen LogP) is 2.96. The number of hydrogen-bond acceptors (Lipinski definition) is 4. The molecule has 0 saturated carbocycles. The summed E-state index contributed by atoms with van der Waals surface area (Å²) >= 11 is 5.82. The van der Waals surface area contributed by atoms with Crippen LogP contribution in [0.4, 0.5) is 5.69 Å². The Morgan fingerprint density at radius 2 is 2.00 bits per heavy atom. The standard InChI is InChI=1S/C17H18ClN3O3/c1-3-13(12-6-4-5-7-14(12)22)21-17(24)16(23)20-11-8-10(2)15(18)19-9-11/h4-9,13,22H,3H2,1-2H3,(H,20,23)(H,21,24). The fraction of sp³-hybridized carbons (Fsp3) is 0.235. The van der Waals surface area contributed by atoms with Crippen LogP contribution in [-0.2, 0) is 9.59 Å². The lowest BCUT2D eigenvalue weighted by atomic mass is 10.0. The van der Waals surface area contributed by atoms with Crippen LogP contribution in [0, 0.1) is 6.92 Å². The number of aryl methyl sites for hydroxylation is 1. The van der Waals surface area contributed by atoms with E-state index in [1.54, 1.807) is 31.2 Å². The van der Waals surface area contributed by atoms with E-state index in [2.05, 4.69) is 15.6 Å². The van der Waals surface area contributed by atoms with Gasteiger partial charge in [-0.15, -0.1) is 0 Å². The Labute approximate surface area is 144 Å². The number of amides is 2. The van der Waals surface area contributed by atoms with Crippen molar-refractivity contribution in [2.24, 2.45) is 0 Å². The number of phenols is 1. The highest BCUT2D eigenvalue weighted by Gasteiger charge is 2.21. The summed E-state index contributed by atoms with van der Waals surface area (Å²) in [6, 6.07) is 7.85. The summed E-state index contributed by atoms with van der Waals surface area (Å²) < 4.78 is 0. The second-order valence-electron chi connectivity index (χ2n) is 5.28. The maximum absolute atomic E-state index is 12.1. The Morgan fingerprint density at radius 3 is 2.62 bits per heavy atom. The monoisotopic (exact) mass is 347 g/mol. The number of para-hydroxylation sites is 1. The van der Waals surface area contributed by atoms with Crippen LogP contribution in [0.2, 0.25) is 5.15 Å². The summed E-state index contributed by atoms with van der Waals surface area (Å²) in [4.78, 5) is 28.0. The molecule has 0 spiro atoms. The van der Waals surface area contributed by atoms with Crippen molar-refractivity contribution in [3.05, 3.63) is 52.8 Å². The first-order valence-electron chi connectivity index (χ1n) is 7.44. The van der Waals surface area contributed by atoms with E-state index in [0.29, 0.717) is 28.4 Å². The fourth-order valence-electron chi connectivity index (χ4n) is 2.22. The van der Waals surface area contributed by atoms with Crippen molar-refractivity contribution in [3.8, 4) is 5.75 Å². The van der Waals surface area contributed by atoms with E-state index >= 15 is 0 Å². The number of phenolic OH excluding ortho intramolecular Hbond substituents is 1. The number of carbonyl (C=O) groups excluding carboxylic acids is 2. The minimum absolute atomic E-state index is 0.0718. The number of nitrogens with zero attached hydrogens (tertiary/aromatic N) is 1. The molecule has 0 aliphatic heterocycles. The topological polar surface area (TPSA) is 91.3 Å². The zero-order chi connectivity index (χ0) is 17.7. The van der Waals surface area contributed by atoms with Crippen LogP contribution in [0.15, 0.2) is 36.5 Å². The van der Waals surface area contributed by atoms with Gasteiger partial charge in [0.25, 0.3) is 0 Å². The first kappa shape index (κ1) is 17.7. The van der Waals surface area contributed by atoms with Gasteiger partial charge in [0.15, 0.2) is 0 Å². The van der Waals surface area contributed by atoms with Crippen LogP contribution in [0.5, 0.6) is 5.75 Å². The molecule has 1 atom stereocenters. The normalized spacial score (nSPS) is 11.6. The number of anilines is 1. The second-order valence-corrected chi connectivity index (χ2v) is 5.64. The minimum atomic E-state index is -0.813. The molecule has 126 valence electrons. The van der Waals surface area contributed by atoms with Gasteiger partial charge in [-0.2, -0.15) is 0 Å². The molecule has 1 unspecified atom stereocenters. The number of pyridine rings is 1. The minimum Gasteiger partial charge on any atom is -0.508 e. The number of aromatic hydroxyl groups is 1. The lowest BCUT2D eigenvalue weighted by Crippen LogP contribution is -2.37. The first-order valence-corrected chi connectivity index (χ1v) is 7.82. The van der Waals surface area contributed by atoms with Crippen molar-refractivity contribution in [2.75, 3.05) is 5.32 Å². The quantitative estimate of drug-likeness (QED) is 0.585. The van der Waals surface area contributed by atoms with Crippen molar-refractivity contribution in [1.29, 1.82) is 0 Å². The van der Waals surface area contributed by atoms with Gasteiger partial charge in [-0.3, -0.25) is 9.59 Å². The van der Waals surface area contributed by atoms with Crippen LogP contribution in [0.1, 0.15) is 30.5 Å². The Hall–Kier alpha value is -2.60. The molecule has 7 heteroatoms. The largest absolute Gasteiger partial charge is 0.508 e. The van der Waals surface area contributed by atoms with Crippen LogP contribution in [0.3, 0.4) is 0 Å². The van der Waals surface area contributed by atoms with E-state index < -0.39 is 17.9 Å². The molecule has 6 nitrogen and oxygen atoms in total. The molecule has 0 bridgehead atoms. The molecule has 2 rings (SSSR count). The van der Waals surface area contributed by atoms with E-state index in [-0.39, 0.29) is 5.75 Å². The van der Waals surface area contributed by atoms with Gasteiger partial charge >= 0.3 is 11.8 Å². The molecule has 2 aromatic rings. The van der Waals surface area contributed by atoms with Gasteiger partial charge in [0.1, 0.15) is 10.9 Å². The van der Waals surface area contributed by atoms with Gasteiger partial charge in [0.05, 0.1) is 17.9 Å². The molecule has 24 heavy (non-hydrogen) atoms. The van der Waals surface area contributed by atoms with Crippen molar-refractivity contribution in [2.45, 2.75) is 26.3 Å². The van der Waals surface area contributed by atoms with E-state index in [1.807, 2.05) is 6.92 Å². The molecule has 1 heterocycles. The molecule has 0 fully saturated rings. The van der Waals surface area contributed by atoms with Crippen molar-refractivity contribution in [1.82, 2.24) is 10.3 Å². The third-order valence-electron chi connectivity index (χ3n) is 3.50. The smallest absolute Gasteiger partial charge is 0.313 e. The molecule has 1 aromatic heterocycles. The van der Waals surface area contributed by atoms with Gasteiger partial charge in [-0.25, -0.2) is 4.98 Å². The number of rotatable bonds is 4. The van der Waals surface area contributed by atoms with Crippen LogP contribution in [-0.4, -0.2) is 21.9 Å². The van der Waals surface area contributed by atoms with E-state index in [9.17, 15) is 14.7 Å². The Kier molecular flexibility index (Phi) is 5.76.